The zero-order valence-corrected chi connectivity index (χ0v) is 26.0. The number of rotatable bonds is 4. The first-order chi connectivity index (χ1) is 18.4. The molecule has 0 aliphatic heterocycles. The molecular weight excluding hydrogens is 664 g/mol. The zero-order valence-electron chi connectivity index (χ0n) is 20.0. The molecule has 4 aromatic rings. The summed E-state index contributed by atoms with van der Waals surface area (Å²) in [6.07, 6.45) is 0. The number of hydrogen-bond acceptors (Lipinski definition) is 2. The average molecular weight is 678 g/mol. The molecule has 0 amide bonds. The van der Waals surface area contributed by atoms with Gasteiger partial charge in [-0.3, -0.25) is 9.59 Å². The van der Waals surface area contributed by atoms with Crippen LogP contribution in [0, 0.1) is 0 Å². The average Bonchev–Trinajstić information content (AvgIpc) is 3.18. The standard InChI is InChI=1S/C29H14Cl8O2/c1-11(38)17-21(30)25(34)19(26(35)22(17)31)29(20-27(36)23(32)18(12(2)39)24(33)28(20)37)15-9-5-3-7-13(15)14-8-4-6-10-16(14)29/h3-10H,1-2H3. The van der Waals surface area contributed by atoms with E-state index in [9.17, 15) is 9.59 Å². The number of halogens is 8. The Balaban J connectivity index is 2.13. The first-order valence-corrected chi connectivity index (χ1v) is 14.3. The monoisotopic (exact) mass is 674 g/mol. The van der Waals surface area contributed by atoms with Gasteiger partial charge in [0.1, 0.15) is 0 Å². The highest BCUT2D eigenvalue weighted by molar-refractivity contribution is 6.53. The minimum atomic E-state index is -1.46. The Morgan fingerprint density at radius 3 is 1.05 bits per heavy atom. The first-order valence-electron chi connectivity index (χ1n) is 11.3. The topological polar surface area (TPSA) is 34.1 Å². The fourth-order valence-corrected chi connectivity index (χ4v) is 8.24. The number of carbonyl (C=O) groups is 2. The quantitative estimate of drug-likeness (QED) is 0.140. The second-order valence-electron chi connectivity index (χ2n) is 8.97. The van der Waals surface area contributed by atoms with Gasteiger partial charge in [-0.1, -0.05) is 141 Å². The van der Waals surface area contributed by atoms with Crippen LogP contribution < -0.4 is 0 Å². The van der Waals surface area contributed by atoms with E-state index in [2.05, 4.69) is 0 Å². The van der Waals surface area contributed by atoms with Crippen LogP contribution in [0.4, 0.5) is 0 Å². The molecule has 4 aromatic carbocycles. The van der Waals surface area contributed by atoms with Crippen LogP contribution in [0.25, 0.3) is 11.1 Å². The lowest BCUT2D eigenvalue weighted by Gasteiger charge is -2.37. The SMILES string of the molecule is CC(=O)c1c(Cl)c(Cl)c(C2(c3c(Cl)c(Cl)c(C(C)=O)c(Cl)c3Cl)c3ccccc3-c3ccccc32)c(Cl)c1Cl. The number of hydrogen-bond donors (Lipinski definition) is 0. The number of ketones is 2. The molecular formula is C29H14Cl8O2. The third-order valence-corrected chi connectivity index (χ3v) is 10.3. The van der Waals surface area contributed by atoms with E-state index in [0.717, 1.165) is 11.1 Å². The highest BCUT2D eigenvalue weighted by atomic mass is 35.5. The van der Waals surface area contributed by atoms with E-state index in [1.165, 1.54) is 13.8 Å². The molecule has 0 saturated heterocycles. The Morgan fingerprint density at radius 1 is 0.487 bits per heavy atom. The molecule has 198 valence electrons. The van der Waals surface area contributed by atoms with Crippen LogP contribution in [0.1, 0.15) is 56.8 Å². The first kappa shape index (κ1) is 29.0. The summed E-state index contributed by atoms with van der Waals surface area (Å²) < 4.78 is 0. The van der Waals surface area contributed by atoms with Crippen LogP contribution >= 0.6 is 92.8 Å². The van der Waals surface area contributed by atoms with Gasteiger partial charge in [0, 0.05) is 11.1 Å². The van der Waals surface area contributed by atoms with E-state index in [1.807, 2.05) is 48.5 Å². The van der Waals surface area contributed by atoms with Crippen molar-refractivity contribution in [3.63, 3.8) is 0 Å². The third kappa shape index (κ3) is 3.99. The van der Waals surface area contributed by atoms with Crippen molar-refractivity contribution in [2.75, 3.05) is 0 Å². The largest absolute Gasteiger partial charge is 0.294 e. The van der Waals surface area contributed by atoms with Crippen molar-refractivity contribution in [3.05, 3.63) is 122 Å². The van der Waals surface area contributed by atoms with Crippen LogP contribution in [0.2, 0.25) is 40.2 Å². The summed E-state index contributed by atoms with van der Waals surface area (Å²) in [6, 6.07) is 15.0. The molecule has 1 aliphatic rings. The summed E-state index contributed by atoms with van der Waals surface area (Å²) in [5, 5.41) is -0.454. The molecule has 0 spiro atoms. The fraction of sp³-hybridized carbons (Fsp3) is 0.103. The van der Waals surface area contributed by atoms with Crippen molar-refractivity contribution in [1.29, 1.82) is 0 Å². The molecule has 1 aliphatic carbocycles. The van der Waals surface area contributed by atoms with Crippen LogP contribution in [-0.4, -0.2) is 11.6 Å². The van der Waals surface area contributed by atoms with Crippen LogP contribution in [0.5, 0.6) is 0 Å². The molecule has 0 bridgehead atoms. The van der Waals surface area contributed by atoms with Gasteiger partial charge in [-0.25, -0.2) is 0 Å². The van der Waals surface area contributed by atoms with Gasteiger partial charge in [-0.15, -0.1) is 0 Å². The second-order valence-corrected chi connectivity index (χ2v) is 12.0. The van der Waals surface area contributed by atoms with Gasteiger partial charge in [0.25, 0.3) is 0 Å². The molecule has 0 N–H and O–H groups in total. The molecule has 0 unspecified atom stereocenters. The molecule has 0 heterocycles. The maximum absolute atomic E-state index is 12.5. The van der Waals surface area contributed by atoms with Crippen molar-refractivity contribution in [2.24, 2.45) is 0 Å². The van der Waals surface area contributed by atoms with Crippen molar-refractivity contribution >= 4 is 104 Å². The third-order valence-electron chi connectivity index (χ3n) is 6.93. The van der Waals surface area contributed by atoms with Gasteiger partial charge < -0.3 is 0 Å². The maximum Gasteiger partial charge on any atom is 0.162 e. The van der Waals surface area contributed by atoms with E-state index < -0.39 is 17.0 Å². The summed E-state index contributed by atoms with van der Waals surface area (Å²) in [7, 11) is 0. The summed E-state index contributed by atoms with van der Waals surface area (Å²) in [5.41, 5.74) is 1.99. The van der Waals surface area contributed by atoms with Gasteiger partial charge in [-0.05, 0) is 36.1 Å². The van der Waals surface area contributed by atoms with Crippen LogP contribution in [0.3, 0.4) is 0 Å². The van der Waals surface area contributed by atoms with E-state index in [-0.39, 0.29) is 62.4 Å². The molecule has 5 rings (SSSR count). The van der Waals surface area contributed by atoms with Crippen LogP contribution in [0.15, 0.2) is 48.5 Å². The van der Waals surface area contributed by atoms with Gasteiger partial charge in [0.2, 0.25) is 0 Å². The molecule has 0 fully saturated rings. The summed E-state index contributed by atoms with van der Waals surface area (Å²) in [4.78, 5) is 24.9. The molecule has 0 radical (unpaired) electrons. The molecule has 39 heavy (non-hydrogen) atoms. The smallest absolute Gasteiger partial charge is 0.162 e. The van der Waals surface area contributed by atoms with E-state index >= 15 is 0 Å². The fourth-order valence-electron chi connectivity index (χ4n) is 5.44. The summed E-state index contributed by atoms with van der Waals surface area (Å²) in [5.74, 6) is -0.843. The highest BCUT2D eigenvalue weighted by Crippen LogP contribution is 2.64. The lowest BCUT2D eigenvalue weighted by atomic mass is 9.67. The van der Waals surface area contributed by atoms with Crippen molar-refractivity contribution < 1.29 is 9.59 Å². The Kier molecular flexibility index (Phi) is 7.76. The molecule has 2 nitrogen and oxygen atoms in total. The Labute approximate surface area is 264 Å². The molecule has 0 atom stereocenters. The zero-order chi connectivity index (χ0) is 28.5. The molecule has 0 aromatic heterocycles. The minimum absolute atomic E-state index is 0.0213. The Morgan fingerprint density at radius 2 is 0.769 bits per heavy atom. The lowest BCUT2D eigenvalue weighted by Crippen LogP contribution is -2.31. The Bertz CT molecular complexity index is 1570. The van der Waals surface area contributed by atoms with E-state index in [4.69, 9.17) is 92.8 Å². The predicted molar refractivity (Wildman–Crippen MR) is 164 cm³/mol. The number of carbonyl (C=O) groups excluding carboxylic acids is 2. The van der Waals surface area contributed by atoms with Crippen molar-refractivity contribution in [3.8, 4) is 11.1 Å². The van der Waals surface area contributed by atoms with E-state index in [1.54, 1.807) is 0 Å². The molecule has 10 heteroatoms. The summed E-state index contributed by atoms with van der Waals surface area (Å²) >= 11 is 54.8. The van der Waals surface area contributed by atoms with E-state index in [0.29, 0.717) is 11.1 Å². The normalized spacial score (nSPS) is 13.3. The molecule has 0 saturated carbocycles. The minimum Gasteiger partial charge on any atom is -0.294 e. The second kappa shape index (κ2) is 10.4. The number of benzene rings is 4. The van der Waals surface area contributed by atoms with Crippen LogP contribution in [-0.2, 0) is 5.41 Å². The van der Waals surface area contributed by atoms with Crippen molar-refractivity contribution in [2.45, 2.75) is 19.3 Å². The predicted octanol–water partition coefficient (Wildman–Crippen LogP) is 11.7. The van der Waals surface area contributed by atoms with Crippen molar-refractivity contribution in [1.82, 2.24) is 0 Å². The Hall–Kier alpha value is -1.46. The lowest BCUT2D eigenvalue weighted by molar-refractivity contribution is 0.100. The highest BCUT2D eigenvalue weighted by Gasteiger charge is 2.52. The van der Waals surface area contributed by atoms with Gasteiger partial charge in [0.05, 0.1) is 56.7 Å². The van der Waals surface area contributed by atoms with Gasteiger partial charge >= 0.3 is 0 Å². The number of fused-ring (bicyclic) bond motifs is 3. The van der Waals surface area contributed by atoms with Gasteiger partial charge in [-0.2, -0.15) is 0 Å². The number of Topliss-reactive ketones (excluding diaryl/α,β-unsaturated/α-hetero) is 2. The summed E-state index contributed by atoms with van der Waals surface area (Å²) in [6.45, 7) is 2.62. The maximum atomic E-state index is 12.5. The van der Waals surface area contributed by atoms with Gasteiger partial charge in [0.15, 0.2) is 11.6 Å².